The zero-order valence-corrected chi connectivity index (χ0v) is 14.7. The molecule has 0 radical (unpaired) electrons. The van der Waals surface area contributed by atoms with Crippen LogP contribution in [-0.4, -0.2) is 66.5 Å². The normalized spacial score (nSPS) is 19.7. The average Bonchev–Trinajstić information content (AvgIpc) is 3.00. The van der Waals surface area contributed by atoms with Crippen LogP contribution in [0.4, 0.5) is 5.82 Å². The summed E-state index contributed by atoms with van der Waals surface area (Å²) < 4.78 is 1.01. The summed E-state index contributed by atoms with van der Waals surface area (Å²) in [6.45, 7) is 8.14. The number of aryl methyl sites for hydroxylation is 1. The van der Waals surface area contributed by atoms with Crippen molar-refractivity contribution in [2.45, 2.75) is 19.8 Å². The molecule has 0 spiro atoms. The molecule has 0 aliphatic carbocycles. The van der Waals surface area contributed by atoms with Crippen molar-refractivity contribution in [1.82, 2.24) is 14.8 Å². The number of nitrogens with zero attached hydrogens (tertiary/aromatic N) is 4. The van der Waals surface area contributed by atoms with Gasteiger partial charge in [0.15, 0.2) is 0 Å². The van der Waals surface area contributed by atoms with Gasteiger partial charge in [-0.2, -0.15) is 0 Å². The second-order valence-corrected chi connectivity index (χ2v) is 7.06. The van der Waals surface area contributed by atoms with E-state index in [0.29, 0.717) is 6.54 Å². The molecule has 3 heterocycles. The minimum absolute atomic E-state index is 0.280. The highest BCUT2D eigenvalue weighted by Gasteiger charge is 2.24. The minimum Gasteiger partial charge on any atom is -0.353 e. The van der Waals surface area contributed by atoms with E-state index in [-0.39, 0.29) is 5.91 Å². The van der Waals surface area contributed by atoms with Gasteiger partial charge in [0.05, 0.1) is 6.54 Å². The fourth-order valence-electron chi connectivity index (χ4n) is 3.26. The van der Waals surface area contributed by atoms with E-state index in [0.717, 1.165) is 49.6 Å². The molecule has 120 valence electrons. The Kier molecular flexibility index (Phi) is 4.98. The predicted octanol–water partition coefficient (Wildman–Crippen LogP) is 1.90. The molecule has 0 unspecified atom stereocenters. The Labute approximate surface area is 140 Å². The number of carbonyl (C=O) groups is 1. The van der Waals surface area contributed by atoms with Crippen LogP contribution in [0.5, 0.6) is 0 Å². The van der Waals surface area contributed by atoms with Gasteiger partial charge in [0.25, 0.3) is 0 Å². The van der Waals surface area contributed by atoms with E-state index in [1.54, 1.807) is 0 Å². The van der Waals surface area contributed by atoms with E-state index in [9.17, 15) is 4.79 Å². The summed E-state index contributed by atoms with van der Waals surface area (Å²) >= 11 is 3.45. The molecule has 1 amide bonds. The first-order valence-corrected chi connectivity index (χ1v) is 8.80. The maximum atomic E-state index is 12.4. The summed E-state index contributed by atoms with van der Waals surface area (Å²) in [5, 5.41) is 0. The molecule has 2 aliphatic heterocycles. The number of halogens is 1. The Hall–Kier alpha value is -1.14. The van der Waals surface area contributed by atoms with Gasteiger partial charge in [-0.25, -0.2) is 4.98 Å². The van der Waals surface area contributed by atoms with Gasteiger partial charge in [-0.05, 0) is 60.4 Å². The zero-order chi connectivity index (χ0) is 15.5. The van der Waals surface area contributed by atoms with Gasteiger partial charge in [0.2, 0.25) is 5.91 Å². The summed E-state index contributed by atoms with van der Waals surface area (Å²) in [6.07, 6.45) is 4.30. The van der Waals surface area contributed by atoms with Crippen LogP contribution >= 0.6 is 15.9 Å². The minimum atomic E-state index is 0.280. The van der Waals surface area contributed by atoms with Crippen LogP contribution in [0.15, 0.2) is 16.7 Å². The van der Waals surface area contributed by atoms with Gasteiger partial charge in [0, 0.05) is 36.8 Å². The van der Waals surface area contributed by atoms with Crippen LogP contribution in [0.3, 0.4) is 0 Å². The van der Waals surface area contributed by atoms with Crippen molar-refractivity contribution in [2.75, 3.05) is 50.7 Å². The molecule has 2 fully saturated rings. The molecule has 2 saturated heterocycles. The number of likely N-dealkylation sites (tertiary alicyclic amines) is 1. The number of hydrogen-bond donors (Lipinski definition) is 0. The van der Waals surface area contributed by atoms with Gasteiger partial charge in [0.1, 0.15) is 5.82 Å². The van der Waals surface area contributed by atoms with Crippen molar-refractivity contribution < 1.29 is 4.79 Å². The molecule has 0 N–H and O–H groups in total. The average molecular weight is 367 g/mol. The van der Waals surface area contributed by atoms with Crippen LogP contribution in [0.25, 0.3) is 0 Å². The number of pyridine rings is 1. The smallest absolute Gasteiger partial charge is 0.236 e. The molecule has 0 bridgehead atoms. The summed E-state index contributed by atoms with van der Waals surface area (Å²) in [6, 6.07) is 2.09. The molecule has 0 aromatic carbocycles. The fourth-order valence-corrected chi connectivity index (χ4v) is 3.71. The summed E-state index contributed by atoms with van der Waals surface area (Å²) in [5.41, 5.74) is 1.17. The highest BCUT2D eigenvalue weighted by atomic mass is 79.9. The molecule has 6 heteroatoms. The zero-order valence-electron chi connectivity index (χ0n) is 13.1. The SMILES string of the molecule is Cc1cc(Br)cnc1N1CCN(C(=O)CN2CCCC2)CC1. The van der Waals surface area contributed by atoms with E-state index in [2.05, 4.69) is 43.7 Å². The summed E-state index contributed by atoms with van der Waals surface area (Å²) in [5.74, 6) is 1.32. The molecular weight excluding hydrogens is 344 g/mol. The predicted molar refractivity (Wildman–Crippen MR) is 91.1 cm³/mol. The van der Waals surface area contributed by atoms with Crippen LogP contribution in [0.1, 0.15) is 18.4 Å². The maximum Gasteiger partial charge on any atom is 0.236 e. The van der Waals surface area contributed by atoms with Gasteiger partial charge in [-0.15, -0.1) is 0 Å². The lowest BCUT2D eigenvalue weighted by Gasteiger charge is -2.36. The van der Waals surface area contributed by atoms with Crippen LogP contribution in [-0.2, 0) is 4.79 Å². The standard InChI is InChI=1S/C16H23BrN4O/c1-13-10-14(17)11-18-16(13)21-8-6-20(7-9-21)15(22)12-19-4-2-3-5-19/h10-11H,2-9,12H2,1H3. The topological polar surface area (TPSA) is 39.7 Å². The fraction of sp³-hybridized carbons (Fsp3) is 0.625. The van der Waals surface area contributed by atoms with Crippen molar-refractivity contribution in [3.63, 3.8) is 0 Å². The molecule has 1 aromatic rings. The first-order valence-electron chi connectivity index (χ1n) is 8.01. The number of hydrogen-bond acceptors (Lipinski definition) is 4. The molecular formula is C16H23BrN4O. The van der Waals surface area contributed by atoms with Gasteiger partial charge >= 0.3 is 0 Å². The Morgan fingerprint density at radius 2 is 1.86 bits per heavy atom. The first-order chi connectivity index (χ1) is 10.6. The van der Waals surface area contributed by atoms with Crippen molar-refractivity contribution in [2.24, 2.45) is 0 Å². The first kappa shape index (κ1) is 15.7. The van der Waals surface area contributed by atoms with Gasteiger partial charge in [-0.1, -0.05) is 0 Å². The van der Waals surface area contributed by atoms with E-state index >= 15 is 0 Å². The van der Waals surface area contributed by atoms with Crippen molar-refractivity contribution in [1.29, 1.82) is 0 Å². The Balaban J connectivity index is 1.54. The number of piperazine rings is 1. The Bertz CT molecular complexity index is 537. The number of aromatic nitrogens is 1. The molecule has 1 aromatic heterocycles. The second kappa shape index (κ2) is 6.96. The third-order valence-electron chi connectivity index (χ3n) is 4.51. The van der Waals surface area contributed by atoms with E-state index < -0.39 is 0 Å². The van der Waals surface area contributed by atoms with E-state index in [1.165, 1.54) is 18.4 Å². The third kappa shape index (κ3) is 3.60. The van der Waals surface area contributed by atoms with E-state index in [1.807, 2.05) is 11.1 Å². The van der Waals surface area contributed by atoms with Crippen LogP contribution < -0.4 is 4.90 Å². The monoisotopic (exact) mass is 366 g/mol. The number of anilines is 1. The number of amides is 1. The molecule has 0 atom stereocenters. The Morgan fingerprint density at radius 1 is 1.18 bits per heavy atom. The third-order valence-corrected chi connectivity index (χ3v) is 4.94. The maximum absolute atomic E-state index is 12.4. The molecule has 0 saturated carbocycles. The number of rotatable bonds is 3. The molecule has 3 rings (SSSR count). The van der Waals surface area contributed by atoms with Crippen LogP contribution in [0, 0.1) is 6.92 Å². The summed E-state index contributed by atoms with van der Waals surface area (Å²) in [4.78, 5) is 23.4. The van der Waals surface area contributed by atoms with Gasteiger partial charge in [-0.3, -0.25) is 9.69 Å². The molecule has 2 aliphatic rings. The van der Waals surface area contributed by atoms with Crippen LogP contribution in [0.2, 0.25) is 0 Å². The lowest BCUT2D eigenvalue weighted by atomic mass is 10.2. The highest BCUT2D eigenvalue weighted by Crippen LogP contribution is 2.22. The van der Waals surface area contributed by atoms with Crippen molar-refractivity contribution in [3.05, 3.63) is 22.3 Å². The lowest BCUT2D eigenvalue weighted by Crippen LogP contribution is -2.51. The largest absolute Gasteiger partial charge is 0.353 e. The van der Waals surface area contributed by atoms with Crippen molar-refractivity contribution >= 4 is 27.7 Å². The van der Waals surface area contributed by atoms with Gasteiger partial charge < -0.3 is 9.80 Å². The number of carbonyl (C=O) groups excluding carboxylic acids is 1. The van der Waals surface area contributed by atoms with E-state index in [4.69, 9.17) is 0 Å². The molecule has 5 nitrogen and oxygen atoms in total. The lowest BCUT2D eigenvalue weighted by molar-refractivity contribution is -0.132. The van der Waals surface area contributed by atoms with Crippen molar-refractivity contribution in [3.8, 4) is 0 Å². The molecule has 22 heavy (non-hydrogen) atoms. The Morgan fingerprint density at radius 3 is 2.50 bits per heavy atom. The highest BCUT2D eigenvalue weighted by molar-refractivity contribution is 9.10. The summed E-state index contributed by atoms with van der Waals surface area (Å²) in [7, 11) is 0. The second-order valence-electron chi connectivity index (χ2n) is 6.15. The quantitative estimate of drug-likeness (QED) is 0.818.